The topological polar surface area (TPSA) is 96.7 Å². The SMILES string of the molecule is COc1ccc(-c2cc([C@H]3CN4CC[C@@H]3C[C@@H]4CNC(=O)CC(C)(C)CC(=O)O)n(C)n2)cc1. The van der Waals surface area contributed by atoms with E-state index in [2.05, 4.69) is 16.3 Å². The molecule has 0 spiro atoms. The van der Waals surface area contributed by atoms with E-state index in [-0.39, 0.29) is 18.7 Å². The summed E-state index contributed by atoms with van der Waals surface area (Å²) in [5.74, 6) is 0.890. The molecule has 0 aliphatic carbocycles. The monoisotopic (exact) mass is 468 g/mol. The quantitative estimate of drug-likeness (QED) is 0.586. The summed E-state index contributed by atoms with van der Waals surface area (Å²) in [7, 11) is 3.69. The van der Waals surface area contributed by atoms with Gasteiger partial charge in [0.25, 0.3) is 0 Å². The lowest BCUT2D eigenvalue weighted by atomic mass is 9.74. The highest BCUT2D eigenvalue weighted by atomic mass is 16.5. The van der Waals surface area contributed by atoms with E-state index in [0.717, 1.165) is 42.9 Å². The van der Waals surface area contributed by atoms with Gasteiger partial charge in [0, 0.05) is 49.8 Å². The first kappa shape index (κ1) is 24.3. The third-order valence-corrected chi connectivity index (χ3v) is 7.36. The third-order valence-electron chi connectivity index (χ3n) is 7.36. The number of rotatable bonds is 9. The number of aryl methyl sites for hydroxylation is 1. The van der Waals surface area contributed by atoms with Crippen molar-refractivity contribution in [3.8, 4) is 17.0 Å². The smallest absolute Gasteiger partial charge is 0.303 e. The van der Waals surface area contributed by atoms with Crippen molar-refractivity contribution in [3.63, 3.8) is 0 Å². The maximum absolute atomic E-state index is 12.5. The molecule has 0 radical (unpaired) electrons. The van der Waals surface area contributed by atoms with Crippen LogP contribution in [0.3, 0.4) is 0 Å². The number of ether oxygens (including phenoxy) is 1. The molecule has 2 bridgehead atoms. The largest absolute Gasteiger partial charge is 0.497 e. The Morgan fingerprint density at radius 1 is 1.24 bits per heavy atom. The van der Waals surface area contributed by atoms with E-state index in [1.165, 1.54) is 5.69 Å². The molecule has 1 amide bonds. The minimum Gasteiger partial charge on any atom is -0.497 e. The molecule has 3 saturated heterocycles. The second kappa shape index (κ2) is 9.78. The molecule has 1 aromatic carbocycles. The zero-order valence-electron chi connectivity index (χ0n) is 20.6. The number of amides is 1. The van der Waals surface area contributed by atoms with Crippen molar-refractivity contribution in [3.05, 3.63) is 36.0 Å². The number of benzene rings is 1. The van der Waals surface area contributed by atoms with Crippen molar-refractivity contribution in [2.24, 2.45) is 18.4 Å². The van der Waals surface area contributed by atoms with Gasteiger partial charge in [-0.05, 0) is 61.1 Å². The number of aliphatic carboxylic acids is 1. The van der Waals surface area contributed by atoms with Crippen LogP contribution in [0.5, 0.6) is 5.75 Å². The summed E-state index contributed by atoms with van der Waals surface area (Å²) in [4.78, 5) is 26.0. The van der Waals surface area contributed by atoms with Crippen LogP contribution in [0, 0.1) is 11.3 Å². The standard InChI is InChI=1S/C26H36N4O4/c1-26(2,14-25(32)33)13-24(31)27-15-19-11-18-9-10-30(19)16-21(18)23-12-22(28-29(23)3)17-5-7-20(34-4)8-6-17/h5-8,12,18-19,21H,9-11,13-16H2,1-4H3,(H,27,31)(H,32,33)/t18-,19-,21+/m1/s1. The highest BCUT2D eigenvalue weighted by molar-refractivity contribution is 5.78. The minimum atomic E-state index is -0.871. The lowest BCUT2D eigenvalue weighted by Gasteiger charge is -2.50. The Balaban J connectivity index is 1.36. The van der Waals surface area contributed by atoms with Gasteiger partial charge in [-0.3, -0.25) is 19.2 Å². The molecule has 0 saturated carbocycles. The maximum Gasteiger partial charge on any atom is 0.303 e. The van der Waals surface area contributed by atoms with E-state index >= 15 is 0 Å². The molecule has 4 atom stereocenters. The van der Waals surface area contributed by atoms with E-state index in [9.17, 15) is 9.59 Å². The van der Waals surface area contributed by atoms with Gasteiger partial charge in [-0.1, -0.05) is 13.8 Å². The first-order chi connectivity index (χ1) is 16.1. The van der Waals surface area contributed by atoms with Crippen molar-refractivity contribution in [1.82, 2.24) is 20.0 Å². The zero-order chi connectivity index (χ0) is 24.5. The molecule has 5 rings (SSSR count). The van der Waals surface area contributed by atoms with Crippen LogP contribution in [-0.4, -0.2) is 64.4 Å². The van der Waals surface area contributed by atoms with Gasteiger partial charge < -0.3 is 15.2 Å². The predicted molar refractivity (Wildman–Crippen MR) is 130 cm³/mol. The Bertz CT molecular complexity index is 1030. The molecule has 8 heteroatoms. The number of fused-ring (bicyclic) bond motifs is 3. The minimum absolute atomic E-state index is 0.0110. The van der Waals surface area contributed by atoms with E-state index < -0.39 is 11.4 Å². The summed E-state index contributed by atoms with van der Waals surface area (Å²) in [5.41, 5.74) is 2.77. The second-order valence-corrected chi connectivity index (χ2v) is 10.6. The summed E-state index contributed by atoms with van der Waals surface area (Å²) >= 11 is 0. The number of carboxylic acids is 1. The lowest BCUT2D eigenvalue weighted by Crippen LogP contribution is -2.56. The first-order valence-electron chi connectivity index (χ1n) is 12.1. The number of hydrogen-bond donors (Lipinski definition) is 2. The van der Waals surface area contributed by atoms with Crippen LogP contribution in [0.2, 0.25) is 0 Å². The molecule has 2 N–H and O–H groups in total. The van der Waals surface area contributed by atoms with Crippen molar-refractivity contribution in [1.29, 1.82) is 0 Å². The van der Waals surface area contributed by atoms with Crippen LogP contribution < -0.4 is 10.1 Å². The maximum atomic E-state index is 12.5. The second-order valence-electron chi connectivity index (χ2n) is 10.6. The first-order valence-corrected chi connectivity index (χ1v) is 12.1. The molecule has 2 aromatic rings. The van der Waals surface area contributed by atoms with Crippen LogP contribution in [0.25, 0.3) is 11.3 Å². The number of piperidine rings is 3. The number of methoxy groups -OCH3 is 1. The Morgan fingerprint density at radius 2 is 1.97 bits per heavy atom. The molecule has 3 fully saturated rings. The van der Waals surface area contributed by atoms with Gasteiger partial charge in [0.2, 0.25) is 5.91 Å². The highest BCUT2D eigenvalue weighted by Gasteiger charge is 2.42. The number of carbonyl (C=O) groups excluding carboxylic acids is 1. The molecule has 1 aromatic heterocycles. The molecule has 3 aliphatic rings. The van der Waals surface area contributed by atoms with Gasteiger partial charge in [-0.2, -0.15) is 5.10 Å². The molecule has 1 unspecified atom stereocenters. The fourth-order valence-electron chi connectivity index (χ4n) is 5.62. The molecule has 184 valence electrons. The van der Waals surface area contributed by atoms with Crippen LogP contribution in [0.4, 0.5) is 0 Å². The number of aromatic nitrogens is 2. The summed E-state index contributed by atoms with van der Waals surface area (Å²) in [6.45, 7) is 6.29. The Morgan fingerprint density at radius 3 is 2.59 bits per heavy atom. The van der Waals surface area contributed by atoms with Gasteiger partial charge in [0.1, 0.15) is 5.75 Å². The number of hydrogen-bond acceptors (Lipinski definition) is 5. The molecular formula is C26H36N4O4. The highest BCUT2D eigenvalue weighted by Crippen LogP contribution is 2.42. The lowest BCUT2D eigenvalue weighted by molar-refractivity contribution is -0.139. The number of carbonyl (C=O) groups is 2. The van der Waals surface area contributed by atoms with Crippen LogP contribution in [0.15, 0.2) is 30.3 Å². The van der Waals surface area contributed by atoms with Crippen molar-refractivity contribution < 1.29 is 19.4 Å². The van der Waals surface area contributed by atoms with Gasteiger partial charge >= 0.3 is 5.97 Å². The van der Waals surface area contributed by atoms with Gasteiger partial charge in [-0.15, -0.1) is 0 Å². The van der Waals surface area contributed by atoms with Crippen molar-refractivity contribution >= 4 is 11.9 Å². The number of nitrogens with one attached hydrogen (secondary N) is 1. The normalized spacial score (nSPS) is 24.1. The van der Waals surface area contributed by atoms with Gasteiger partial charge in [0.05, 0.1) is 19.2 Å². The summed E-state index contributed by atoms with van der Waals surface area (Å²) in [6, 6.07) is 10.5. The average molecular weight is 469 g/mol. The summed E-state index contributed by atoms with van der Waals surface area (Å²) < 4.78 is 7.29. The summed E-state index contributed by atoms with van der Waals surface area (Å²) in [6.07, 6.45) is 2.42. The molecular weight excluding hydrogens is 432 g/mol. The van der Waals surface area contributed by atoms with Crippen LogP contribution >= 0.6 is 0 Å². The van der Waals surface area contributed by atoms with E-state index in [1.54, 1.807) is 7.11 Å². The van der Waals surface area contributed by atoms with Gasteiger partial charge in [-0.25, -0.2) is 0 Å². The molecule has 3 aliphatic heterocycles. The predicted octanol–water partition coefficient (Wildman–Crippen LogP) is 3.28. The Hall–Kier alpha value is -2.87. The van der Waals surface area contributed by atoms with Crippen LogP contribution in [-0.2, 0) is 16.6 Å². The Labute approximate surface area is 201 Å². The van der Waals surface area contributed by atoms with E-state index in [1.807, 2.05) is 49.8 Å². The molecule has 8 nitrogen and oxygen atoms in total. The molecule has 34 heavy (non-hydrogen) atoms. The zero-order valence-corrected chi connectivity index (χ0v) is 20.6. The molecule has 4 heterocycles. The van der Waals surface area contributed by atoms with Gasteiger partial charge in [0.15, 0.2) is 0 Å². The van der Waals surface area contributed by atoms with Crippen molar-refractivity contribution in [2.45, 2.75) is 51.5 Å². The van der Waals surface area contributed by atoms with E-state index in [0.29, 0.717) is 24.4 Å². The number of carboxylic acid groups (broad SMARTS) is 1. The van der Waals surface area contributed by atoms with E-state index in [4.69, 9.17) is 14.9 Å². The fourth-order valence-corrected chi connectivity index (χ4v) is 5.62. The summed E-state index contributed by atoms with van der Waals surface area (Å²) in [5, 5.41) is 16.9. The Kier molecular flexibility index (Phi) is 6.98. The van der Waals surface area contributed by atoms with Crippen LogP contribution in [0.1, 0.15) is 51.1 Å². The fraction of sp³-hybridized carbons (Fsp3) is 0.577. The van der Waals surface area contributed by atoms with Crippen molar-refractivity contribution in [2.75, 3.05) is 26.7 Å². The third kappa shape index (κ3) is 5.43. The number of nitrogens with zero attached hydrogens (tertiary/aromatic N) is 3. The average Bonchev–Trinajstić information content (AvgIpc) is 3.18.